The van der Waals surface area contributed by atoms with Crippen molar-refractivity contribution in [2.45, 2.75) is 44.4 Å². The number of nitrogens with one attached hydrogen (secondary N) is 1. The summed E-state index contributed by atoms with van der Waals surface area (Å²) in [4.78, 5) is 14.8. The Bertz CT molecular complexity index is 806. The lowest BCUT2D eigenvalue weighted by molar-refractivity contribution is 0.0296. The first-order valence-electron chi connectivity index (χ1n) is 10.1. The summed E-state index contributed by atoms with van der Waals surface area (Å²) in [5.74, 6) is 0.860. The lowest BCUT2D eigenvalue weighted by atomic mass is 9.99. The number of hydrogen-bond donors (Lipinski definition) is 1. The summed E-state index contributed by atoms with van der Waals surface area (Å²) in [7, 11) is 1.67. The Balaban J connectivity index is 1.30. The van der Waals surface area contributed by atoms with Crippen LogP contribution < -0.4 is 10.1 Å². The molecule has 2 aliphatic heterocycles. The maximum absolute atomic E-state index is 12.8. The third kappa shape index (κ3) is 4.30. The van der Waals surface area contributed by atoms with Gasteiger partial charge < -0.3 is 19.7 Å². The van der Waals surface area contributed by atoms with Crippen LogP contribution in [0.4, 0.5) is 4.79 Å². The number of carbonyl (C=O) groups is 1. The van der Waals surface area contributed by atoms with Crippen molar-refractivity contribution in [3.8, 4) is 5.75 Å². The van der Waals surface area contributed by atoms with Crippen molar-refractivity contribution >= 4 is 6.03 Å². The SMILES string of the molecule is COc1ccc(CC2CCCN2C(=O)NC[C@@H]2Cc3ccccc3CO2)cc1. The molecule has 0 bridgehead atoms. The molecule has 2 amide bonds. The minimum absolute atomic E-state index is 0.0264. The van der Waals surface area contributed by atoms with Gasteiger partial charge in [-0.1, -0.05) is 36.4 Å². The van der Waals surface area contributed by atoms with E-state index in [4.69, 9.17) is 9.47 Å². The van der Waals surface area contributed by atoms with Crippen molar-refractivity contribution in [1.82, 2.24) is 10.2 Å². The normalized spacial score (nSPS) is 21.2. The summed E-state index contributed by atoms with van der Waals surface area (Å²) in [6.07, 6.45) is 3.88. The van der Waals surface area contributed by atoms with Crippen LogP contribution in [-0.4, -0.2) is 43.3 Å². The highest BCUT2D eigenvalue weighted by Gasteiger charge is 2.29. The van der Waals surface area contributed by atoms with Gasteiger partial charge in [0.2, 0.25) is 0 Å². The third-order valence-electron chi connectivity index (χ3n) is 5.79. The third-order valence-corrected chi connectivity index (χ3v) is 5.79. The molecule has 148 valence electrons. The van der Waals surface area contributed by atoms with E-state index in [0.717, 1.165) is 38.0 Å². The van der Waals surface area contributed by atoms with Crippen LogP contribution >= 0.6 is 0 Å². The standard InChI is InChI=1S/C23H28N2O3/c1-27-21-10-8-17(9-11-21)13-20-7-4-12-25(20)23(26)24-15-22-14-18-5-2-3-6-19(18)16-28-22/h2-3,5-6,8-11,20,22H,4,7,12-16H2,1H3,(H,24,26)/t20?,22-/m0/s1. The molecule has 1 N–H and O–H groups in total. The molecule has 28 heavy (non-hydrogen) atoms. The first-order chi connectivity index (χ1) is 13.7. The minimum Gasteiger partial charge on any atom is -0.497 e. The van der Waals surface area contributed by atoms with Crippen LogP contribution in [-0.2, 0) is 24.2 Å². The fourth-order valence-corrected chi connectivity index (χ4v) is 4.19. The Morgan fingerprint density at radius 2 is 1.96 bits per heavy atom. The van der Waals surface area contributed by atoms with Crippen LogP contribution in [0.3, 0.4) is 0 Å². The molecule has 5 heteroatoms. The number of urea groups is 1. The Labute approximate surface area is 166 Å². The summed E-state index contributed by atoms with van der Waals surface area (Å²) in [5, 5.41) is 3.10. The van der Waals surface area contributed by atoms with Crippen LogP contribution in [0.15, 0.2) is 48.5 Å². The van der Waals surface area contributed by atoms with Gasteiger partial charge in [-0.3, -0.25) is 0 Å². The maximum atomic E-state index is 12.8. The summed E-state index contributed by atoms with van der Waals surface area (Å²) in [6.45, 7) is 2.00. The zero-order valence-corrected chi connectivity index (χ0v) is 16.4. The van der Waals surface area contributed by atoms with Crippen molar-refractivity contribution in [1.29, 1.82) is 0 Å². The second kappa shape index (κ2) is 8.65. The van der Waals surface area contributed by atoms with E-state index < -0.39 is 0 Å². The smallest absolute Gasteiger partial charge is 0.317 e. The van der Waals surface area contributed by atoms with Gasteiger partial charge in [-0.25, -0.2) is 4.79 Å². The van der Waals surface area contributed by atoms with E-state index in [1.54, 1.807) is 7.11 Å². The summed E-state index contributed by atoms with van der Waals surface area (Å²) >= 11 is 0. The molecule has 0 aliphatic carbocycles. The van der Waals surface area contributed by atoms with Gasteiger partial charge in [0, 0.05) is 25.6 Å². The quantitative estimate of drug-likeness (QED) is 0.863. The van der Waals surface area contributed by atoms with Gasteiger partial charge in [0.15, 0.2) is 0 Å². The number of hydrogen-bond acceptors (Lipinski definition) is 3. The number of benzene rings is 2. The maximum Gasteiger partial charge on any atom is 0.317 e. The van der Waals surface area contributed by atoms with E-state index in [0.29, 0.717) is 13.2 Å². The predicted molar refractivity (Wildman–Crippen MR) is 109 cm³/mol. The van der Waals surface area contributed by atoms with E-state index in [9.17, 15) is 4.79 Å². The van der Waals surface area contributed by atoms with Crippen molar-refractivity contribution in [2.24, 2.45) is 0 Å². The average molecular weight is 380 g/mol. The molecular formula is C23H28N2O3. The predicted octanol–water partition coefficient (Wildman–Crippen LogP) is 3.55. The van der Waals surface area contributed by atoms with Crippen molar-refractivity contribution in [3.05, 3.63) is 65.2 Å². The van der Waals surface area contributed by atoms with Crippen molar-refractivity contribution in [2.75, 3.05) is 20.2 Å². The van der Waals surface area contributed by atoms with Crippen LogP contribution in [0.25, 0.3) is 0 Å². The topological polar surface area (TPSA) is 50.8 Å². The molecule has 2 heterocycles. The first-order valence-corrected chi connectivity index (χ1v) is 10.1. The number of rotatable bonds is 5. The van der Waals surface area contributed by atoms with Crippen LogP contribution in [0, 0.1) is 0 Å². The van der Waals surface area contributed by atoms with E-state index in [1.807, 2.05) is 23.1 Å². The second-order valence-electron chi connectivity index (χ2n) is 7.63. The second-order valence-corrected chi connectivity index (χ2v) is 7.63. The molecule has 2 atom stereocenters. The van der Waals surface area contributed by atoms with Crippen LogP contribution in [0.2, 0.25) is 0 Å². The Hall–Kier alpha value is -2.53. The van der Waals surface area contributed by atoms with Gasteiger partial charge in [0.25, 0.3) is 0 Å². The molecule has 0 aromatic heterocycles. The van der Waals surface area contributed by atoms with Crippen LogP contribution in [0.5, 0.6) is 5.75 Å². The minimum atomic E-state index is 0.0264. The molecular weight excluding hydrogens is 352 g/mol. The number of methoxy groups -OCH3 is 1. The number of ether oxygens (including phenoxy) is 2. The molecule has 2 aromatic carbocycles. The van der Waals surface area contributed by atoms with E-state index in [2.05, 4.69) is 35.6 Å². The van der Waals surface area contributed by atoms with Gasteiger partial charge in [-0.05, 0) is 48.1 Å². The molecule has 4 rings (SSSR count). The zero-order valence-electron chi connectivity index (χ0n) is 16.4. The summed E-state index contributed by atoms with van der Waals surface area (Å²) in [5.41, 5.74) is 3.81. The number of carbonyl (C=O) groups excluding carboxylic acids is 1. The van der Waals surface area contributed by atoms with Crippen molar-refractivity contribution in [3.63, 3.8) is 0 Å². The molecule has 1 saturated heterocycles. The highest BCUT2D eigenvalue weighted by atomic mass is 16.5. The molecule has 0 radical (unpaired) electrons. The van der Waals surface area contributed by atoms with E-state index in [-0.39, 0.29) is 18.2 Å². The van der Waals surface area contributed by atoms with Crippen molar-refractivity contribution < 1.29 is 14.3 Å². The fraction of sp³-hybridized carbons (Fsp3) is 0.435. The van der Waals surface area contributed by atoms with Gasteiger partial charge in [-0.2, -0.15) is 0 Å². The molecule has 5 nitrogen and oxygen atoms in total. The zero-order chi connectivity index (χ0) is 19.3. The molecule has 2 aromatic rings. The Morgan fingerprint density at radius 1 is 1.18 bits per heavy atom. The molecule has 0 spiro atoms. The number of nitrogens with zero attached hydrogens (tertiary/aromatic N) is 1. The van der Waals surface area contributed by atoms with Gasteiger partial charge >= 0.3 is 6.03 Å². The summed E-state index contributed by atoms with van der Waals surface area (Å²) < 4.78 is 11.1. The Kier molecular flexibility index (Phi) is 5.81. The number of amides is 2. The van der Waals surface area contributed by atoms with Gasteiger partial charge in [-0.15, -0.1) is 0 Å². The number of fused-ring (bicyclic) bond motifs is 1. The molecule has 2 aliphatic rings. The molecule has 0 saturated carbocycles. The van der Waals surface area contributed by atoms with Gasteiger partial charge in [0.1, 0.15) is 5.75 Å². The molecule has 1 unspecified atom stereocenters. The monoisotopic (exact) mass is 380 g/mol. The molecule has 1 fully saturated rings. The van der Waals surface area contributed by atoms with E-state index >= 15 is 0 Å². The highest BCUT2D eigenvalue weighted by molar-refractivity contribution is 5.75. The first kappa shape index (κ1) is 18.8. The van der Waals surface area contributed by atoms with Crippen LogP contribution in [0.1, 0.15) is 29.5 Å². The Morgan fingerprint density at radius 3 is 2.75 bits per heavy atom. The number of likely N-dealkylation sites (tertiary alicyclic amines) is 1. The van der Waals surface area contributed by atoms with Gasteiger partial charge in [0.05, 0.1) is 19.8 Å². The lowest BCUT2D eigenvalue weighted by Gasteiger charge is -2.28. The largest absolute Gasteiger partial charge is 0.497 e. The van der Waals surface area contributed by atoms with E-state index in [1.165, 1.54) is 16.7 Å². The highest BCUT2D eigenvalue weighted by Crippen LogP contribution is 2.23. The summed E-state index contributed by atoms with van der Waals surface area (Å²) in [6, 6.07) is 16.8. The lowest BCUT2D eigenvalue weighted by Crippen LogP contribution is -2.46. The average Bonchev–Trinajstić information content (AvgIpc) is 3.20. The fourth-order valence-electron chi connectivity index (χ4n) is 4.19.